The molecule has 0 radical (unpaired) electrons. The lowest BCUT2D eigenvalue weighted by Gasteiger charge is -2.44. The quantitative estimate of drug-likeness (QED) is 0.479. The third kappa shape index (κ3) is 4.40. The van der Waals surface area contributed by atoms with Gasteiger partial charge in [0.05, 0.1) is 12.2 Å². The molecule has 0 amide bonds. The highest BCUT2D eigenvalue weighted by Crippen LogP contribution is 2.60. The minimum absolute atomic E-state index is 0.392. The fourth-order valence-electron chi connectivity index (χ4n) is 7.17. The van der Waals surface area contributed by atoms with Crippen molar-refractivity contribution in [2.24, 2.45) is 34.5 Å². The molecule has 4 aliphatic carbocycles. The first kappa shape index (κ1) is 23.1. The molecule has 2 nitrogen and oxygen atoms in total. The van der Waals surface area contributed by atoms with E-state index in [1.54, 1.807) is 5.57 Å². The van der Waals surface area contributed by atoms with Crippen LogP contribution in [0.2, 0.25) is 0 Å². The molecule has 4 fully saturated rings. The van der Waals surface area contributed by atoms with Gasteiger partial charge in [0.2, 0.25) is 0 Å². The SMILES string of the molecule is C=C1/C(=C\C=C2/CCCC3(C)C2CC[C@@H]3[C@H](C)/C=C/C2(C(C)C)CC2)C[C@@H](O)C[C@@H]1O. The van der Waals surface area contributed by atoms with Gasteiger partial charge in [-0.1, -0.05) is 64.2 Å². The predicted molar refractivity (Wildman–Crippen MR) is 130 cm³/mol. The molecule has 0 aromatic heterocycles. The second-order valence-corrected chi connectivity index (χ2v) is 11.8. The summed E-state index contributed by atoms with van der Waals surface area (Å²) >= 11 is 0. The molecule has 0 aromatic carbocycles. The van der Waals surface area contributed by atoms with Crippen LogP contribution in [0.5, 0.6) is 0 Å². The average Bonchev–Trinajstić information content (AvgIpc) is 3.43. The van der Waals surface area contributed by atoms with Crippen LogP contribution in [0.4, 0.5) is 0 Å². The van der Waals surface area contributed by atoms with Gasteiger partial charge in [0.1, 0.15) is 0 Å². The highest BCUT2D eigenvalue weighted by Gasteiger charge is 2.50. The summed E-state index contributed by atoms with van der Waals surface area (Å²) in [5, 5.41) is 20.2. The number of allylic oxidation sites excluding steroid dienone is 5. The Kier molecular flexibility index (Phi) is 6.45. The van der Waals surface area contributed by atoms with E-state index in [4.69, 9.17) is 0 Å². The molecular weight excluding hydrogens is 380 g/mol. The maximum Gasteiger partial charge on any atom is 0.0811 e. The zero-order valence-corrected chi connectivity index (χ0v) is 20.2. The third-order valence-electron chi connectivity index (χ3n) is 9.65. The van der Waals surface area contributed by atoms with Crippen LogP contribution in [-0.2, 0) is 0 Å². The molecule has 4 aliphatic rings. The highest BCUT2D eigenvalue weighted by molar-refractivity contribution is 5.38. The molecule has 172 valence electrons. The van der Waals surface area contributed by atoms with Crippen molar-refractivity contribution >= 4 is 0 Å². The second kappa shape index (κ2) is 8.67. The first-order valence-electron chi connectivity index (χ1n) is 12.8. The first-order chi connectivity index (χ1) is 14.7. The van der Waals surface area contributed by atoms with E-state index >= 15 is 0 Å². The molecule has 0 heterocycles. The van der Waals surface area contributed by atoms with E-state index in [0.29, 0.717) is 35.5 Å². The summed E-state index contributed by atoms with van der Waals surface area (Å²) in [6.07, 6.45) is 18.8. The van der Waals surface area contributed by atoms with Gasteiger partial charge >= 0.3 is 0 Å². The molecule has 4 rings (SSSR count). The Morgan fingerprint density at radius 2 is 1.81 bits per heavy atom. The molecule has 6 atom stereocenters. The Bertz CT molecular complexity index is 781. The summed E-state index contributed by atoms with van der Waals surface area (Å²) in [5.74, 6) is 2.84. The lowest BCUT2D eigenvalue weighted by molar-refractivity contribution is 0.0862. The molecule has 0 aliphatic heterocycles. The van der Waals surface area contributed by atoms with Crippen LogP contribution in [0.15, 0.2) is 47.6 Å². The molecule has 31 heavy (non-hydrogen) atoms. The van der Waals surface area contributed by atoms with Crippen LogP contribution < -0.4 is 0 Å². The fourth-order valence-corrected chi connectivity index (χ4v) is 7.17. The van der Waals surface area contributed by atoms with Crippen molar-refractivity contribution in [3.8, 4) is 0 Å². The van der Waals surface area contributed by atoms with Crippen molar-refractivity contribution < 1.29 is 10.2 Å². The van der Waals surface area contributed by atoms with Crippen molar-refractivity contribution in [2.75, 3.05) is 0 Å². The molecule has 2 unspecified atom stereocenters. The van der Waals surface area contributed by atoms with Crippen LogP contribution in [0.25, 0.3) is 0 Å². The number of hydrogen-bond donors (Lipinski definition) is 2. The van der Waals surface area contributed by atoms with Crippen LogP contribution in [0.1, 0.15) is 85.5 Å². The molecule has 0 aromatic rings. The van der Waals surface area contributed by atoms with Crippen LogP contribution >= 0.6 is 0 Å². The second-order valence-electron chi connectivity index (χ2n) is 11.8. The Hall–Kier alpha value is -1.12. The van der Waals surface area contributed by atoms with Crippen molar-refractivity contribution in [3.05, 3.63) is 47.6 Å². The van der Waals surface area contributed by atoms with Gasteiger partial charge in [-0.05, 0) is 97.0 Å². The van der Waals surface area contributed by atoms with E-state index in [9.17, 15) is 10.2 Å². The smallest absolute Gasteiger partial charge is 0.0811 e. The number of hydrogen-bond acceptors (Lipinski definition) is 2. The zero-order chi connectivity index (χ0) is 22.4. The van der Waals surface area contributed by atoms with Gasteiger partial charge in [-0.3, -0.25) is 0 Å². The van der Waals surface area contributed by atoms with Crippen LogP contribution in [0.3, 0.4) is 0 Å². The summed E-state index contributed by atoms with van der Waals surface area (Å²) < 4.78 is 0. The van der Waals surface area contributed by atoms with Gasteiger partial charge in [-0.25, -0.2) is 0 Å². The van der Waals surface area contributed by atoms with E-state index in [-0.39, 0.29) is 0 Å². The highest BCUT2D eigenvalue weighted by atomic mass is 16.3. The lowest BCUT2D eigenvalue weighted by Crippen LogP contribution is -2.35. The molecule has 2 heteroatoms. The van der Waals surface area contributed by atoms with Crippen molar-refractivity contribution in [2.45, 2.75) is 97.7 Å². The van der Waals surface area contributed by atoms with Crippen LogP contribution in [-0.4, -0.2) is 22.4 Å². The van der Waals surface area contributed by atoms with Gasteiger partial charge in [0.25, 0.3) is 0 Å². The molecule has 4 saturated carbocycles. The summed E-state index contributed by atoms with van der Waals surface area (Å²) in [5.41, 5.74) is 4.30. The maximum atomic E-state index is 10.2. The largest absolute Gasteiger partial charge is 0.393 e. The summed E-state index contributed by atoms with van der Waals surface area (Å²) in [7, 11) is 0. The Labute approximate surface area is 190 Å². The Morgan fingerprint density at radius 1 is 1.06 bits per heavy atom. The standard InChI is InChI=1S/C29H44O2/c1-19(2)29(15-16-29)14-12-20(3)25-10-11-26-22(7-6-13-28(25,26)5)8-9-23-17-24(30)18-27(31)21(23)4/h8-9,12,14,19-20,24-27,30-31H,4,6-7,10-11,13,15-18H2,1-3,5H3/b14-12+,22-8+,23-9-/t20-,24-,25-,26?,27+,28?/m1/s1. The normalized spacial score (nSPS) is 41.3. The minimum atomic E-state index is -0.603. The number of aliphatic hydroxyl groups excluding tert-OH is 2. The maximum absolute atomic E-state index is 10.2. The van der Waals surface area contributed by atoms with Crippen molar-refractivity contribution in [3.63, 3.8) is 0 Å². The van der Waals surface area contributed by atoms with Crippen molar-refractivity contribution in [1.29, 1.82) is 0 Å². The molecule has 0 saturated heterocycles. The Balaban J connectivity index is 1.50. The summed E-state index contributed by atoms with van der Waals surface area (Å²) in [6, 6.07) is 0. The van der Waals surface area contributed by atoms with Gasteiger partial charge in [0, 0.05) is 6.42 Å². The number of fused-ring (bicyclic) bond motifs is 1. The monoisotopic (exact) mass is 424 g/mol. The van der Waals surface area contributed by atoms with Gasteiger partial charge < -0.3 is 10.2 Å². The predicted octanol–water partition coefficient (Wildman–Crippen LogP) is 6.76. The van der Waals surface area contributed by atoms with E-state index in [1.165, 1.54) is 44.9 Å². The number of rotatable bonds is 5. The van der Waals surface area contributed by atoms with E-state index < -0.39 is 12.2 Å². The minimum Gasteiger partial charge on any atom is -0.393 e. The first-order valence-corrected chi connectivity index (χ1v) is 12.8. The van der Waals surface area contributed by atoms with Crippen LogP contribution in [0, 0.1) is 34.5 Å². The fraction of sp³-hybridized carbons (Fsp3) is 0.724. The number of aliphatic hydroxyl groups is 2. The van der Waals surface area contributed by atoms with E-state index in [0.717, 1.165) is 23.0 Å². The van der Waals surface area contributed by atoms with E-state index in [1.807, 2.05) is 0 Å². The van der Waals surface area contributed by atoms with Gasteiger partial charge in [-0.2, -0.15) is 0 Å². The summed E-state index contributed by atoms with van der Waals surface area (Å²) in [6.45, 7) is 13.8. The zero-order valence-electron chi connectivity index (χ0n) is 20.2. The average molecular weight is 425 g/mol. The Morgan fingerprint density at radius 3 is 2.48 bits per heavy atom. The third-order valence-corrected chi connectivity index (χ3v) is 9.65. The van der Waals surface area contributed by atoms with Gasteiger partial charge in [0.15, 0.2) is 0 Å². The van der Waals surface area contributed by atoms with E-state index in [2.05, 4.69) is 58.6 Å². The molecule has 0 spiro atoms. The summed E-state index contributed by atoms with van der Waals surface area (Å²) in [4.78, 5) is 0. The topological polar surface area (TPSA) is 40.5 Å². The molecular formula is C29H44O2. The molecule has 0 bridgehead atoms. The van der Waals surface area contributed by atoms with Crippen molar-refractivity contribution in [1.82, 2.24) is 0 Å². The lowest BCUT2D eigenvalue weighted by atomic mass is 9.61. The molecule has 2 N–H and O–H groups in total. The van der Waals surface area contributed by atoms with Gasteiger partial charge in [-0.15, -0.1) is 0 Å².